The zero-order valence-corrected chi connectivity index (χ0v) is 12.6. The first kappa shape index (κ1) is 14.4. The molecule has 0 radical (unpaired) electrons. The summed E-state index contributed by atoms with van der Waals surface area (Å²) in [5.74, 6) is -0.353. The number of benzene rings is 2. The van der Waals surface area contributed by atoms with Crippen molar-refractivity contribution in [1.82, 2.24) is 4.40 Å². The molecule has 0 aliphatic heterocycles. The Kier molecular flexibility index (Phi) is 3.30. The van der Waals surface area contributed by atoms with E-state index in [1.54, 1.807) is 18.2 Å². The van der Waals surface area contributed by atoms with Crippen LogP contribution in [0.4, 0.5) is 4.39 Å². The van der Waals surface area contributed by atoms with E-state index in [2.05, 4.69) is 6.07 Å². The van der Waals surface area contributed by atoms with E-state index in [4.69, 9.17) is 0 Å². The number of rotatable bonds is 2. The Labute approximate surface area is 137 Å². The molecule has 0 fully saturated rings. The number of fused-ring (bicyclic) bond motifs is 3. The highest BCUT2D eigenvalue weighted by atomic mass is 19.1. The highest BCUT2D eigenvalue weighted by molar-refractivity contribution is 5.85. The fourth-order valence-electron chi connectivity index (χ4n) is 3.09. The van der Waals surface area contributed by atoms with Gasteiger partial charge in [-0.25, -0.2) is 4.39 Å². The zero-order valence-electron chi connectivity index (χ0n) is 12.6. The van der Waals surface area contributed by atoms with Crippen LogP contribution < -0.4 is 0 Å². The predicted octanol–water partition coefficient (Wildman–Crippen LogP) is 4.18. The molecule has 3 nitrogen and oxygen atoms in total. The molecule has 0 saturated carbocycles. The van der Waals surface area contributed by atoms with E-state index >= 15 is 0 Å². The number of aliphatic hydroxyl groups is 1. The second kappa shape index (κ2) is 5.48. The predicted molar refractivity (Wildman–Crippen MR) is 90.1 cm³/mol. The average molecular weight is 316 g/mol. The summed E-state index contributed by atoms with van der Waals surface area (Å²) in [5.41, 5.74) is 3.31. The molecule has 116 valence electrons. The summed E-state index contributed by atoms with van der Waals surface area (Å²) in [6.07, 6.45) is -0.953. The fraction of sp³-hybridized carbons (Fsp3) is 0.0500. The van der Waals surface area contributed by atoms with Crippen LogP contribution in [0, 0.1) is 17.1 Å². The monoisotopic (exact) mass is 316 g/mol. The maximum atomic E-state index is 13.1. The Morgan fingerprint density at radius 2 is 1.71 bits per heavy atom. The standard InChI is InChI=1S/C20H13FN2O/c21-16-8-5-14(6-9-16)20(24)19-11-15(12-22)18-10-7-13-3-1-2-4-17(13)23(18)19/h1-11,20,24H. The Morgan fingerprint density at radius 1 is 0.958 bits per heavy atom. The van der Waals surface area contributed by atoms with Gasteiger partial charge >= 0.3 is 0 Å². The van der Waals surface area contributed by atoms with E-state index < -0.39 is 6.10 Å². The number of hydrogen-bond donors (Lipinski definition) is 1. The number of aliphatic hydroxyl groups excluding tert-OH is 1. The molecule has 1 atom stereocenters. The third kappa shape index (κ3) is 2.15. The average Bonchev–Trinajstić information content (AvgIpc) is 3.01. The van der Waals surface area contributed by atoms with Gasteiger partial charge in [0, 0.05) is 0 Å². The molecule has 2 heterocycles. The summed E-state index contributed by atoms with van der Waals surface area (Å²) in [4.78, 5) is 0. The molecule has 1 unspecified atom stereocenters. The van der Waals surface area contributed by atoms with Gasteiger partial charge < -0.3 is 9.51 Å². The normalized spacial score (nSPS) is 12.4. The number of aromatic nitrogens is 1. The van der Waals surface area contributed by atoms with Crippen LogP contribution in [0.5, 0.6) is 0 Å². The van der Waals surface area contributed by atoms with Crippen molar-refractivity contribution >= 4 is 16.4 Å². The Bertz CT molecular complexity index is 1090. The maximum Gasteiger partial charge on any atom is 0.123 e. The van der Waals surface area contributed by atoms with Crippen molar-refractivity contribution in [3.63, 3.8) is 0 Å². The number of para-hydroxylation sites is 1. The maximum absolute atomic E-state index is 13.1. The fourth-order valence-corrected chi connectivity index (χ4v) is 3.09. The molecule has 0 aliphatic carbocycles. The van der Waals surface area contributed by atoms with Gasteiger partial charge in [-0.1, -0.05) is 36.4 Å². The lowest BCUT2D eigenvalue weighted by molar-refractivity contribution is 0.215. The number of pyridine rings is 1. The van der Waals surface area contributed by atoms with Crippen LogP contribution in [0.2, 0.25) is 0 Å². The van der Waals surface area contributed by atoms with Gasteiger partial charge in [-0.3, -0.25) is 0 Å². The van der Waals surface area contributed by atoms with Crippen LogP contribution >= 0.6 is 0 Å². The van der Waals surface area contributed by atoms with Crippen LogP contribution in [-0.4, -0.2) is 9.51 Å². The molecule has 0 bridgehead atoms. The Hall–Kier alpha value is -3.16. The largest absolute Gasteiger partial charge is 0.382 e. The quantitative estimate of drug-likeness (QED) is 0.603. The molecule has 0 amide bonds. The number of halogens is 1. The first-order chi connectivity index (χ1) is 11.7. The molecule has 2 aromatic heterocycles. The second-order valence-corrected chi connectivity index (χ2v) is 5.66. The Morgan fingerprint density at radius 3 is 2.46 bits per heavy atom. The molecule has 2 aromatic carbocycles. The van der Waals surface area contributed by atoms with Crippen molar-refractivity contribution in [1.29, 1.82) is 5.26 Å². The van der Waals surface area contributed by atoms with Gasteiger partial charge in [0.15, 0.2) is 0 Å². The highest BCUT2D eigenvalue weighted by Gasteiger charge is 2.19. The minimum atomic E-state index is -0.953. The van der Waals surface area contributed by atoms with E-state index in [9.17, 15) is 14.8 Å². The van der Waals surface area contributed by atoms with Crippen molar-refractivity contribution in [3.8, 4) is 6.07 Å². The Balaban J connectivity index is 2.02. The SMILES string of the molecule is N#Cc1cc(C(O)c2ccc(F)cc2)n2c1ccc1ccccc12. The zero-order chi connectivity index (χ0) is 16.7. The summed E-state index contributed by atoms with van der Waals surface area (Å²) >= 11 is 0. The summed E-state index contributed by atoms with van der Waals surface area (Å²) in [7, 11) is 0. The van der Waals surface area contributed by atoms with E-state index in [0.29, 0.717) is 16.8 Å². The molecule has 0 spiro atoms. The lowest BCUT2D eigenvalue weighted by atomic mass is 10.1. The topological polar surface area (TPSA) is 48.4 Å². The summed E-state index contributed by atoms with van der Waals surface area (Å²) in [5, 5.41) is 21.2. The van der Waals surface area contributed by atoms with Gasteiger partial charge in [0.05, 0.1) is 22.3 Å². The van der Waals surface area contributed by atoms with Crippen LogP contribution in [0.3, 0.4) is 0 Å². The molecule has 0 aliphatic rings. The van der Waals surface area contributed by atoms with E-state index in [0.717, 1.165) is 16.4 Å². The molecule has 0 saturated heterocycles. The van der Waals surface area contributed by atoms with E-state index in [-0.39, 0.29) is 5.82 Å². The van der Waals surface area contributed by atoms with Gasteiger partial charge in [0.2, 0.25) is 0 Å². The smallest absolute Gasteiger partial charge is 0.123 e. The van der Waals surface area contributed by atoms with E-state index in [1.807, 2.05) is 40.8 Å². The van der Waals surface area contributed by atoms with Crippen LogP contribution in [-0.2, 0) is 0 Å². The van der Waals surface area contributed by atoms with Crippen LogP contribution in [0.25, 0.3) is 16.4 Å². The van der Waals surface area contributed by atoms with Gasteiger partial charge in [-0.05, 0) is 41.3 Å². The van der Waals surface area contributed by atoms with Crippen molar-refractivity contribution in [2.75, 3.05) is 0 Å². The minimum Gasteiger partial charge on any atom is -0.382 e. The summed E-state index contributed by atoms with van der Waals surface area (Å²) in [6, 6.07) is 21.2. The first-order valence-electron chi connectivity index (χ1n) is 7.56. The third-order valence-corrected chi connectivity index (χ3v) is 4.25. The van der Waals surface area contributed by atoms with Gasteiger partial charge in [0.25, 0.3) is 0 Å². The van der Waals surface area contributed by atoms with Crippen molar-refractivity contribution < 1.29 is 9.50 Å². The molecule has 1 N–H and O–H groups in total. The van der Waals surface area contributed by atoms with Gasteiger partial charge in [0.1, 0.15) is 18.0 Å². The number of nitrogens with zero attached hydrogens (tertiary/aromatic N) is 2. The van der Waals surface area contributed by atoms with Crippen LogP contribution in [0.15, 0.2) is 66.7 Å². The highest BCUT2D eigenvalue weighted by Crippen LogP contribution is 2.30. The van der Waals surface area contributed by atoms with Gasteiger partial charge in [-0.2, -0.15) is 5.26 Å². The van der Waals surface area contributed by atoms with Gasteiger partial charge in [-0.15, -0.1) is 0 Å². The number of nitriles is 1. The van der Waals surface area contributed by atoms with E-state index in [1.165, 1.54) is 12.1 Å². The minimum absolute atomic E-state index is 0.353. The second-order valence-electron chi connectivity index (χ2n) is 5.66. The molecule has 24 heavy (non-hydrogen) atoms. The van der Waals surface area contributed by atoms with Crippen molar-refractivity contribution in [2.24, 2.45) is 0 Å². The van der Waals surface area contributed by atoms with Crippen molar-refractivity contribution in [3.05, 3.63) is 89.4 Å². The molecule has 4 heteroatoms. The lowest BCUT2D eigenvalue weighted by Crippen LogP contribution is -2.04. The third-order valence-electron chi connectivity index (χ3n) is 4.25. The summed E-state index contributed by atoms with van der Waals surface area (Å²) in [6.45, 7) is 0. The van der Waals surface area contributed by atoms with Crippen LogP contribution in [0.1, 0.15) is 22.9 Å². The number of hydrogen-bond acceptors (Lipinski definition) is 2. The first-order valence-corrected chi connectivity index (χ1v) is 7.56. The summed E-state index contributed by atoms with van der Waals surface area (Å²) < 4.78 is 15.0. The molecule has 4 aromatic rings. The molecule has 4 rings (SSSR count). The van der Waals surface area contributed by atoms with Crippen molar-refractivity contribution in [2.45, 2.75) is 6.10 Å². The molecular weight excluding hydrogens is 303 g/mol. The lowest BCUT2D eigenvalue weighted by Gasteiger charge is -2.13. The molecular formula is C20H13FN2O.